The lowest BCUT2D eigenvalue weighted by molar-refractivity contribution is -0.330. The van der Waals surface area contributed by atoms with Crippen LogP contribution in [0.25, 0.3) is 5.65 Å². The molecule has 2 bridgehead atoms. The maximum atomic E-state index is 14.7. The lowest BCUT2D eigenvalue weighted by Gasteiger charge is -2.61. The van der Waals surface area contributed by atoms with Crippen molar-refractivity contribution in [3.05, 3.63) is 35.4 Å². The highest BCUT2D eigenvalue weighted by molar-refractivity contribution is 5.69. The van der Waals surface area contributed by atoms with Gasteiger partial charge in [-0.15, -0.1) is 13.2 Å². The Morgan fingerprint density at radius 3 is 2.58 bits per heavy atom. The smallest absolute Gasteiger partial charge is 0.443 e. The summed E-state index contributed by atoms with van der Waals surface area (Å²) in [5.41, 5.74) is -2.07. The minimum absolute atomic E-state index is 0.0552. The number of nitrogens with one attached hydrogen (secondary N) is 3. The zero-order chi connectivity index (χ0) is 28.4. The van der Waals surface area contributed by atoms with E-state index in [-0.39, 0.29) is 36.1 Å². The Hall–Kier alpha value is -3.63. The van der Waals surface area contributed by atoms with Gasteiger partial charge in [0.25, 0.3) is 0 Å². The first-order valence-electron chi connectivity index (χ1n) is 12.4. The van der Waals surface area contributed by atoms with Gasteiger partial charge in [0.15, 0.2) is 11.5 Å². The lowest BCUT2D eigenvalue weighted by atomic mass is 9.50. The maximum Gasteiger partial charge on any atom is 0.522 e. The summed E-state index contributed by atoms with van der Waals surface area (Å²) in [6, 6.07) is 1.50. The zero-order valence-corrected chi connectivity index (χ0v) is 20.4. The number of anilines is 2. The molecular formula is C23H22F7N7O3. The molecule has 4 aliphatic rings. The van der Waals surface area contributed by atoms with Crippen LogP contribution in [-0.4, -0.2) is 54.8 Å². The number of aromatic nitrogens is 5. The van der Waals surface area contributed by atoms with E-state index in [9.17, 15) is 35.5 Å². The standard InChI is InChI=1S/C23H22F7N7O3/c24-14-1-11(2-16(14)40-20(38)34-21-4-10(5-21)6-21)15-3-17(36-35-15)33-19-31-7-13(22(25,26)27)18-32-12(8-37(18)19)9-39-23(28,29)30/h3,7-8,10-11,14,16H,1-2,4-6,9H2,(H,34,38)(H2,31,33,35,36)/t10?,11-,14+,16-,21?/m0/s1. The van der Waals surface area contributed by atoms with Crippen molar-refractivity contribution in [1.29, 1.82) is 0 Å². The number of ether oxygens (including phenoxy) is 2. The fourth-order valence-electron chi connectivity index (χ4n) is 5.61. The van der Waals surface area contributed by atoms with Crippen molar-refractivity contribution in [3.63, 3.8) is 0 Å². The summed E-state index contributed by atoms with van der Waals surface area (Å²) in [6.45, 7) is -1.11. The summed E-state index contributed by atoms with van der Waals surface area (Å²) in [4.78, 5) is 19.6. The second kappa shape index (κ2) is 9.21. The van der Waals surface area contributed by atoms with E-state index in [0.29, 0.717) is 17.8 Å². The number of rotatable bonds is 7. The van der Waals surface area contributed by atoms with Gasteiger partial charge in [-0.25, -0.2) is 19.2 Å². The number of alkyl halides is 7. The molecule has 3 N–H and O–H groups in total. The monoisotopic (exact) mass is 577 g/mol. The van der Waals surface area contributed by atoms with E-state index in [1.54, 1.807) is 0 Å². The van der Waals surface area contributed by atoms with Gasteiger partial charge in [0, 0.05) is 35.6 Å². The van der Waals surface area contributed by atoms with Crippen LogP contribution in [0, 0.1) is 5.92 Å². The van der Waals surface area contributed by atoms with Crippen LogP contribution in [0.3, 0.4) is 0 Å². The average molecular weight is 577 g/mol. The molecule has 0 aliphatic heterocycles. The van der Waals surface area contributed by atoms with E-state index < -0.39 is 54.4 Å². The normalized spacial score (nSPS) is 27.8. The molecule has 4 saturated carbocycles. The Balaban J connectivity index is 1.15. The molecule has 216 valence electrons. The number of fused-ring (bicyclic) bond motifs is 1. The van der Waals surface area contributed by atoms with Gasteiger partial charge in [-0.05, 0) is 38.0 Å². The molecule has 3 atom stereocenters. The van der Waals surface area contributed by atoms with E-state index in [1.807, 2.05) is 0 Å². The summed E-state index contributed by atoms with van der Waals surface area (Å²) in [5, 5.41) is 12.3. The number of nitrogens with zero attached hydrogens (tertiary/aromatic N) is 4. The van der Waals surface area contributed by atoms with Crippen LogP contribution in [-0.2, 0) is 22.3 Å². The molecule has 3 aromatic heterocycles. The molecule has 40 heavy (non-hydrogen) atoms. The number of amides is 1. The SMILES string of the molecule is O=C(NC12CC(C1)C2)O[C@H]1C[C@@H](c2cc(Nc3ncc(C(F)(F)F)c4nc(COC(F)(F)F)cn34)n[nH]2)C[C@H]1F. The number of alkyl carbamates (subject to hydrolysis) is 1. The maximum absolute atomic E-state index is 14.7. The topological polar surface area (TPSA) is 118 Å². The Labute approximate surface area is 220 Å². The lowest BCUT2D eigenvalue weighted by Crippen LogP contribution is -2.68. The van der Waals surface area contributed by atoms with E-state index >= 15 is 0 Å². The molecule has 17 heteroatoms. The summed E-state index contributed by atoms with van der Waals surface area (Å²) in [5.74, 6) is 0.159. The van der Waals surface area contributed by atoms with Crippen molar-refractivity contribution in [1.82, 2.24) is 29.9 Å². The van der Waals surface area contributed by atoms with E-state index in [2.05, 4.69) is 35.5 Å². The summed E-state index contributed by atoms with van der Waals surface area (Å²) in [7, 11) is 0. The first-order chi connectivity index (χ1) is 18.8. The quantitative estimate of drug-likeness (QED) is 0.334. The molecule has 7 rings (SSSR count). The van der Waals surface area contributed by atoms with Crippen molar-refractivity contribution < 1.29 is 45.0 Å². The third kappa shape index (κ3) is 5.13. The van der Waals surface area contributed by atoms with Gasteiger partial charge in [0.2, 0.25) is 5.95 Å². The molecule has 0 radical (unpaired) electrons. The molecule has 0 saturated heterocycles. The Kier molecular flexibility index (Phi) is 6.12. The van der Waals surface area contributed by atoms with Gasteiger partial charge in [-0.3, -0.25) is 14.2 Å². The van der Waals surface area contributed by atoms with E-state index in [0.717, 1.165) is 29.9 Å². The van der Waals surface area contributed by atoms with Crippen LogP contribution in [0.2, 0.25) is 0 Å². The van der Waals surface area contributed by atoms with Crippen molar-refractivity contribution in [2.45, 2.75) is 75.0 Å². The van der Waals surface area contributed by atoms with Gasteiger partial charge < -0.3 is 15.4 Å². The second-order valence-electron chi connectivity index (χ2n) is 10.5. The zero-order valence-electron chi connectivity index (χ0n) is 20.4. The third-order valence-corrected chi connectivity index (χ3v) is 7.60. The number of H-pyrrole nitrogens is 1. The minimum atomic E-state index is -5.00. The fourth-order valence-corrected chi connectivity index (χ4v) is 5.61. The first-order valence-corrected chi connectivity index (χ1v) is 12.4. The van der Waals surface area contributed by atoms with Gasteiger partial charge in [0.05, 0.1) is 12.3 Å². The molecule has 4 aliphatic carbocycles. The number of aromatic amines is 1. The van der Waals surface area contributed by atoms with E-state index in [4.69, 9.17) is 4.74 Å². The summed E-state index contributed by atoms with van der Waals surface area (Å²) < 4.78 is 102. The second-order valence-corrected chi connectivity index (χ2v) is 10.5. The average Bonchev–Trinajstić information content (AvgIpc) is 3.52. The van der Waals surface area contributed by atoms with E-state index in [1.165, 1.54) is 6.07 Å². The molecule has 3 heterocycles. The van der Waals surface area contributed by atoms with Gasteiger partial charge in [-0.2, -0.15) is 18.3 Å². The number of hydrogen-bond donors (Lipinski definition) is 3. The van der Waals surface area contributed by atoms with Crippen LogP contribution in [0.15, 0.2) is 18.5 Å². The van der Waals surface area contributed by atoms with Crippen LogP contribution in [0.4, 0.5) is 47.3 Å². The predicted molar refractivity (Wildman–Crippen MR) is 121 cm³/mol. The van der Waals surface area contributed by atoms with Crippen LogP contribution < -0.4 is 10.6 Å². The van der Waals surface area contributed by atoms with Gasteiger partial charge >= 0.3 is 18.6 Å². The Bertz CT molecular complexity index is 1420. The molecule has 0 aromatic carbocycles. The fraction of sp³-hybridized carbons (Fsp3) is 0.565. The highest BCUT2D eigenvalue weighted by Gasteiger charge is 2.58. The highest BCUT2D eigenvalue weighted by atomic mass is 19.4. The molecule has 3 aromatic rings. The largest absolute Gasteiger partial charge is 0.522 e. The minimum Gasteiger partial charge on any atom is -0.443 e. The van der Waals surface area contributed by atoms with Crippen molar-refractivity contribution >= 4 is 23.5 Å². The molecule has 10 nitrogen and oxygen atoms in total. The predicted octanol–water partition coefficient (Wildman–Crippen LogP) is 5.11. The van der Waals surface area contributed by atoms with Gasteiger partial charge in [-0.1, -0.05) is 0 Å². The number of carbonyl (C=O) groups is 1. The molecule has 1 amide bonds. The highest BCUT2D eigenvalue weighted by Crippen LogP contribution is 2.57. The number of halogens is 7. The van der Waals surface area contributed by atoms with Crippen LogP contribution in [0.1, 0.15) is 55.0 Å². The molecular weight excluding hydrogens is 555 g/mol. The van der Waals surface area contributed by atoms with Crippen molar-refractivity contribution in [2.75, 3.05) is 5.32 Å². The van der Waals surface area contributed by atoms with Crippen LogP contribution >= 0.6 is 0 Å². The van der Waals surface area contributed by atoms with Crippen LogP contribution in [0.5, 0.6) is 0 Å². The first kappa shape index (κ1) is 26.6. The summed E-state index contributed by atoms with van der Waals surface area (Å²) >= 11 is 0. The third-order valence-electron chi connectivity index (χ3n) is 7.60. The number of carbonyl (C=O) groups excluding carboxylic acids is 1. The molecule has 4 fully saturated rings. The number of hydrogen-bond acceptors (Lipinski definition) is 7. The molecule has 0 unspecified atom stereocenters. The van der Waals surface area contributed by atoms with Crippen molar-refractivity contribution in [3.8, 4) is 0 Å². The Morgan fingerprint density at radius 2 is 1.93 bits per heavy atom. The summed E-state index contributed by atoms with van der Waals surface area (Å²) in [6.07, 6.45) is -8.44. The number of imidazole rings is 1. The Morgan fingerprint density at radius 1 is 1.18 bits per heavy atom. The molecule has 0 spiro atoms. The van der Waals surface area contributed by atoms with Gasteiger partial charge in [0.1, 0.15) is 17.8 Å². The van der Waals surface area contributed by atoms with Crippen molar-refractivity contribution in [2.24, 2.45) is 5.92 Å².